The van der Waals surface area contributed by atoms with Crippen LogP contribution in [0.15, 0.2) is 17.5 Å². The number of hydrogen-bond donors (Lipinski definition) is 1. The number of halogens is 3. The minimum Gasteiger partial charge on any atom is -0.312 e. The van der Waals surface area contributed by atoms with Crippen molar-refractivity contribution >= 4 is 22.7 Å². The number of aromatic nitrogens is 1. The second-order valence-electron chi connectivity index (χ2n) is 4.31. The first-order chi connectivity index (χ1) is 9.50. The van der Waals surface area contributed by atoms with Crippen LogP contribution in [0.5, 0.6) is 0 Å². The predicted molar refractivity (Wildman–Crippen MR) is 76.2 cm³/mol. The van der Waals surface area contributed by atoms with Gasteiger partial charge in [-0.1, -0.05) is 13.0 Å². The molecule has 0 spiro atoms. The van der Waals surface area contributed by atoms with Gasteiger partial charge in [-0.25, -0.2) is 4.98 Å². The largest absolute Gasteiger partial charge is 0.434 e. The van der Waals surface area contributed by atoms with Crippen molar-refractivity contribution in [1.82, 2.24) is 10.3 Å². The lowest BCUT2D eigenvalue weighted by molar-refractivity contribution is -0.141. The summed E-state index contributed by atoms with van der Waals surface area (Å²) in [7, 11) is 0. The Bertz CT molecular complexity index is 532. The van der Waals surface area contributed by atoms with Crippen LogP contribution in [0.1, 0.15) is 33.8 Å². The molecule has 0 saturated carbocycles. The van der Waals surface area contributed by atoms with Gasteiger partial charge < -0.3 is 5.32 Å². The molecule has 0 bridgehead atoms. The van der Waals surface area contributed by atoms with Crippen LogP contribution in [-0.4, -0.2) is 11.5 Å². The van der Waals surface area contributed by atoms with E-state index in [1.807, 2.05) is 24.4 Å². The second-order valence-corrected chi connectivity index (χ2v) is 6.51. The van der Waals surface area contributed by atoms with Gasteiger partial charge in [0.05, 0.1) is 9.88 Å². The smallest absolute Gasteiger partial charge is 0.312 e. The monoisotopic (exact) mass is 320 g/mol. The summed E-state index contributed by atoms with van der Waals surface area (Å²) in [5.74, 6) is 0. The number of hydrogen-bond acceptors (Lipinski definition) is 4. The van der Waals surface area contributed by atoms with Crippen molar-refractivity contribution in [2.75, 3.05) is 6.54 Å². The van der Waals surface area contributed by atoms with E-state index in [9.17, 15) is 13.2 Å². The normalized spacial score (nSPS) is 12.0. The number of nitrogens with one attached hydrogen (secondary N) is 1. The molecule has 2 aromatic rings. The molecule has 20 heavy (non-hydrogen) atoms. The van der Waals surface area contributed by atoms with Crippen molar-refractivity contribution in [3.8, 4) is 0 Å². The van der Waals surface area contributed by atoms with E-state index in [4.69, 9.17) is 0 Å². The van der Waals surface area contributed by atoms with Crippen LogP contribution < -0.4 is 5.32 Å². The number of thiazole rings is 1. The van der Waals surface area contributed by atoms with Gasteiger partial charge in [0.2, 0.25) is 0 Å². The predicted octanol–water partition coefficient (Wildman–Crippen LogP) is 4.31. The molecule has 2 nitrogen and oxygen atoms in total. The summed E-state index contributed by atoms with van der Waals surface area (Å²) in [6, 6.07) is 3.80. The zero-order chi connectivity index (χ0) is 14.6. The lowest BCUT2D eigenvalue weighted by Gasteiger charge is -2.06. The lowest BCUT2D eigenvalue weighted by atomic mass is 10.3. The van der Waals surface area contributed by atoms with Gasteiger partial charge in [-0.2, -0.15) is 13.2 Å². The lowest BCUT2D eigenvalue weighted by Crippen LogP contribution is -2.17. The first kappa shape index (κ1) is 15.5. The molecule has 0 aliphatic carbocycles. The Hall–Kier alpha value is -0.920. The van der Waals surface area contributed by atoms with Crippen LogP contribution >= 0.6 is 22.7 Å². The summed E-state index contributed by atoms with van der Waals surface area (Å²) >= 11 is 2.68. The van der Waals surface area contributed by atoms with Gasteiger partial charge in [0.25, 0.3) is 0 Å². The number of nitrogens with zero attached hydrogens (tertiary/aromatic N) is 1. The Morgan fingerprint density at radius 2 is 2.15 bits per heavy atom. The molecule has 2 aromatic heterocycles. The fraction of sp³-hybridized carbons (Fsp3) is 0.462. The van der Waals surface area contributed by atoms with E-state index in [1.54, 1.807) is 0 Å². The molecule has 110 valence electrons. The quantitative estimate of drug-likeness (QED) is 0.802. The third-order valence-corrected chi connectivity index (χ3v) is 4.56. The highest BCUT2D eigenvalue weighted by atomic mass is 32.1. The van der Waals surface area contributed by atoms with E-state index < -0.39 is 11.9 Å². The molecule has 0 amide bonds. The van der Waals surface area contributed by atoms with Crippen molar-refractivity contribution in [3.63, 3.8) is 0 Å². The van der Waals surface area contributed by atoms with E-state index in [1.165, 1.54) is 11.3 Å². The molecule has 0 aliphatic rings. The van der Waals surface area contributed by atoms with Crippen LogP contribution in [-0.2, 0) is 19.1 Å². The molecule has 1 N–H and O–H groups in total. The van der Waals surface area contributed by atoms with E-state index in [-0.39, 0.29) is 11.4 Å². The highest BCUT2D eigenvalue weighted by Crippen LogP contribution is 2.35. The Morgan fingerprint density at radius 1 is 1.35 bits per heavy atom. The van der Waals surface area contributed by atoms with Gasteiger partial charge in [-0.3, -0.25) is 0 Å². The van der Waals surface area contributed by atoms with Crippen LogP contribution in [0.4, 0.5) is 13.2 Å². The van der Waals surface area contributed by atoms with Gasteiger partial charge in [0, 0.05) is 17.8 Å². The molecule has 0 aliphatic heterocycles. The van der Waals surface area contributed by atoms with Crippen molar-refractivity contribution in [1.29, 1.82) is 0 Å². The topological polar surface area (TPSA) is 24.9 Å². The summed E-state index contributed by atoms with van der Waals surface area (Å²) in [6.45, 7) is 2.91. The van der Waals surface area contributed by atoms with Crippen molar-refractivity contribution in [3.05, 3.63) is 38.0 Å². The maximum atomic E-state index is 13.0. The van der Waals surface area contributed by atoms with Gasteiger partial charge in [-0.05, 0) is 24.4 Å². The summed E-state index contributed by atoms with van der Waals surface area (Å²) in [5.41, 5.74) is -0.738. The third kappa shape index (κ3) is 4.04. The molecule has 7 heteroatoms. The second kappa shape index (κ2) is 6.69. The zero-order valence-corrected chi connectivity index (χ0v) is 12.6. The Labute approximate surface area is 123 Å². The summed E-state index contributed by atoms with van der Waals surface area (Å²) in [4.78, 5) is 5.10. The molecule has 2 heterocycles. The van der Waals surface area contributed by atoms with Crippen LogP contribution in [0.25, 0.3) is 0 Å². The molecule has 0 radical (unpaired) electrons. The van der Waals surface area contributed by atoms with Crippen molar-refractivity contribution in [2.45, 2.75) is 32.5 Å². The van der Waals surface area contributed by atoms with Gasteiger partial charge in [0.1, 0.15) is 0 Å². The van der Waals surface area contributed by atoms with E-state index in [0.717, 1.165) is 22.6 Å². The van der Waals surface area contributed by atoms with E-state index >= 15 is 0 Å². The summed E-state index contributed by atoms with van der Waals surface area (Å²) < 4.78 is 38.9. The molecule has 0 fully saturated rings. The zero-order valence-electron chi connectivity index (χ0n) is 11.0. The Balaban J connectivity index is 2.17. The average molecular weight is 320 g/mol. The average Bonchev–Trinajstić information content (AvgIpc) is 2.99. The van der Waals surface area contributed by atoms with Crippen LogP contribution in [0.3, 0.4) is 0 Å². The number of rotatable bonds is 6. The van der Waals surface area contributed by atoms with Gasteiger partial charge >= 0.3 is 6.18 Å². The van der Waals surface area contributed by atoms with E-state index in [2.05, 4.69) is 10.3 Å². The number of thiophene rings is 1. The minimum atomic E-state index is -4.38. The maximum absolute atomic E-state index is 13.0. The fourth-order valence-corrected chi connectivity index (χ4v) is 3.64. The first-order valence-corrected chi connectivity index (χ1v) is 7.99. The van der Waals surface area contributed by atoms with E-state index in [0.29, 0.717) is 18.0 Å². The molecule has 0 atom stereocenters. The summed E-state index contributed by atoms with van der Waals surface area (Å²) in [5, 5.41) is 5.44. The molecular weight excluding hydrogens is 305 g/mol. The maximum Gasteiger partial charge on any atom is 0.434 e. The number of alkyl halides is 3. The van der Waals surface area contributed by atoms with Crippen LogP contribution in [0.2, 0.25) is 0 Å². The van der Waals surface area contributed by atoms with Crippen molar-refractivity contribution in [2.24, 2.45) is 0 Å². The highest BCUT2D eigenvalue weighted by molar-refractivity contribution is 7.12. The first-order valence-electron chi connectivity index (χ1n) is 6.29. The van der Waals surface area contributed by atoms with Crippen LogP contribution in [0, 0.1) is 0 Å². The molecule has 0 aromatic carbocycles. The molecule has 0 saturated heterocycles. The fourth-order valence-electron chi connectivity index (χ4n) is 1.76. The molecular formula is C13H15F3N2S2. The SMILES string of the molecule is CCCNCc1sc(Cc2cccs2)nc1C(F)(F)F. The summed E-state index contributed by atoms with van der Waals surface area (Å²) in [6.07, 6.45) is -3.02. The highest BCUT2D eigenvalue weighted by Gasteiger charge is 2.37. The standard InChI is InChI=1S/C13H15F3N2S2/c1-2-5-17-8-10-12(13(14,15)16)18-11(20-10)7-9-4-3-6-19-9/h3-4,6,17H,2,5,7-8H2,1H3. The van der Waals surface area contributed by atoms with Gasteiger partial charge in [-0.15, -0.1) is 22.7 Å². The van der Waals surface area contributed by atoms with Gasteiger partial charge in [0.15, 0.2) is 5.69 Å². The van der Waals surface area contributed by atoms with Crippen molar-refractivity contribution < 1.29 is 13.2 Å². The minimum absolute atomic E-state index is 0.227. The Morgan fingerprint density at radius 3 is 2.75 bits per heavy atom. The third-order valence-electron chi connectivity index (χ3n) is 2.63. The Kier molecular flexibility index (Phi) is 5.17. The molecule has 0 unspecified atom stereocenters. The molecule has 2 rings (SSSR count).